The number of imidazole rings is 2. The number of nitrogens with one attached hydrogen (secondary N) is 3. The Balaban J connectivity index is 0.000000189. The molecular formula is C51H64F6N12O7. The summed E-state index contributed by atoms with van der Waals surface area (Å²) in [5, 5.41) is 27.6. The van der Waals surface area contributed by atoms with Crippen LogP contribution in [0.4, 0.5) is 38.0 Å². The molecule has 0 saturated carbocycles. The molecule has 1 amide bonds. The Morgan fingerprint density at radius 2 is 1.08 bits per heavy atom. The van der Waals surface area contributed by atoms with Gasteiger partial charge in [0.15, 0.2) is 11.3 Å². The second kappa shape index (κ2) is 26.8. The van der Waals surface area contributed by atoms with Gasteiger partial charge in [0.1, 0.15) is 23.1 Å². The lowest BCUT2D eigenvalue weighted by molar-refractivity contribution is -0.275. The van der Waals surface area contributed by atoms with Crippen LogP contribution >= 0.6 is 0 Å². The van der Waals surface area contributed by atoms with E-state index in [2.05, 4.69) is 50.5 Å². The number of morpholine rings is 2. The van der Waals surface area contributed by atoms with Gasteiger partial charge in [-0.05, 0) is 99.1 Å². The molecule has 4 aromatic heterocycles. The standard InChI is InChI=1S/C25H29F3N6O3.C19H20F3N5O.C6H11NO3.CH4/c26-25(27,28)37-20-3-1-2-19(14-20)21-16-30-23-5-4-22(31-34(21)23)29-15-18-6-8-33(9-7-18)24(35)17-32-10-12-36-13-11-32;20-19(21,22)28-15-3-1-2-14(10-15)16-12-25-18-5-4-17(26-27(16)18)24-11-13-6-8-23-9-7-13;8-6(9)5-7-1-3-10-4-2-7;/h1-5,14,16,18H,6-13,15,17H2,(H,29,31);1-5,10,12-13,23H,6-9,11H2,(H,24,26);1-5H2,(H,8,9);1H4. The van der Waals surface area contributed by atoms with Gasteiger partial charge >= 0.3 is 18.7 Å². The van der Waals surface area contributed by atoms with E-state index in [1.807, 2.05) is 34.1 Å². The molecular weight excluding hydrogens is 1010 g/mol. The zero-order valence-corrected chi connectivity index (χ0v) is 41.1. The number of hydrogen-bond acceptors (Lipinski definition) is 15. The van der Waals surface area contributed by atoms with Crippen LogP contribution in [-0.2, 0) is 19.1 Å². The molecule has 25 heteroatoms. The molecule has 8 heterocycles. The largest absolute Gasteiger partial charge is 0.573 e. The number of carboxylic acid groups (broad SMARTS) is 1. The van der Waals surface area contributed by atoms with Crippen LogP contribution in [0.3, 0.4) is 0 Å². The molecule has 0 spiro atoms. The van der Waals surface area contributed by atoms with Gasteiger partial charge in [-0.2, -0.15) is 0 Å². The molecule has 0 aliphatic carbocycles. The summed E-state index contributed by atoms with van der Waals surface area (Å²) in [6.45, 7) is 11.4. The van der Waals surface area contributed by atoms with E-state index in [9.17, 15) is 35.9 Å². The van der Waals surface area contributed by atoms with E-state index in [1.54, 1.807) is 33.6 Å². The predicted octanol–water partition coefficient (Wildman–Crippen LogP) is 7.02. The van der Waals surface area contributed by atoms with Gasteiger partial charge in [0.2, 0.25) is 5.91 Å². The third kappa shape index (κ3) is 17.1. The summed E-state index contributed by atoms with van der Waals surface area (Å²) in [5.74, 6) is 1.18. The fraction of sp³-hybridized carbons (Fsp3) is 0.490. The lowest BCUT2D eigenvalue weighted by atomic mass is 9.96. The first-order chi connectivity index (χ1) is 36.1. The number of amides is 1. The Hall–Kier alpha value is -6.80. The van der Waals surface area contributed by atoms with Crippen LogP contribution in [0.25, 0.3) is 33.8 Å². The van der Waals surface area contributed by atoms with Gasteiger partial charge in [0.25, 0.3) is 0 Å². The van der Waals surface area contributed by atoms with Gasteiger partial charge in [-0.3, -0.25) is 19.4 Å². The van der Waals surface area contributed by atoms with Gasteiger partial charge in [-0.15, -0.1) is 36.5 Å². The van der Waals surface area contributed by atoms with Crippen molar-refractivity contribution in [2.24, 2.45) is 11.8 Å². The summed E-state index contributed by atoms with van der Waals surface area (Å²) >= 11 is 0. The highest BCUT2D eigenvalue weighted by Crippen LogP contribution is 2.31. The van der Waals surface area contributed by atoms with E-state index in [0.717, 1.165) is 84.6 Å². The number of carboxylic acids is 1. The predicted molar refractivity (Wildman–Crippen MR) is 271 cm³/mol. The number of piperidine rings is 2. The molecule has 4 N–H and O–H groups in total. The number of halogens is 6. The van der Waals surface area contributed by atoms with E-state index in [1.165, 1.54) is 36.4 Å². The van der Waals surface area contributed by atoms with Crippen molar-refractivity contribution >= 4 is 34.8 Å². The van der Waals surface area contributed by atoms with Gasteiger partial charge in [-0.25, -0.2) is 19.0 Å². The first kappa shape index (κ1) is 56.9. The van der Waals surface area contributed by atoms with Crippen molar-refractivity contribution in [2.75, 3.05) is 116 Å². The molecule has 0 radical (unpaired) electrons. The summed E-state index contributed by atoms with van der Waals surface area (Å²) in [5.41, 5.74) is 3.39. The Morgan fingerprint density at radius 1 is 0.632 bits per heavy atom. The van der Waals surface area contributed by atoms with Gasteiger partial charge in [0, 0.05) is 63.5 Å². The molecule has 10 rings (SSSR count). The van der Waals surface area contributed by atoms with Gasteiger partial charge in [-0.1, -0.05) is 31.7 Å². The third-order valence-corrected chi connectivity index (χ3v) is 12.9. The van der Waals surface area contributed by atoms with Crippen LogP contribution in [0.2, 0.25) is 0 Å². The number of alkyl halides is 6. The summed E-state index contributed by atoms with van der Waals surface area (Å²) in [6.07, 6.45) is -2.27. The molecule has 0 atom stereocenters. The molecule has 0 unspecified atom stereocenters. The lowest BCUT2D eigenvalue weighted by Gasteiger charge is -2.34. The normalized spacial score (nSPS) is 17.2. The number of fused-ring (bicyclic) bond motifs is 2. The molecule has 6 aromatic rings. The smallest absolute Gasteiger partial charge is 0.480 e. The van der Waals surface area contributed by atoms with Crippen LogP contribution in [0.1, 0.15) is 33.1 Å². The maximum absolute atomic E-state index is 12.6. The molecule has 19 nitrogen and oxygen atoms in total. The van der Waals surface area contributed by atoms with Crippen LogP contribution in [0.15, 0.2) is 85.2 Å². The van der Waals surface area contributed by atoms with Crippen molar-refractivity contribution in [1.82, 2.24) is 49.2 Å². The van der Waals surface area contributed by atoms with Crippen LogP contribution in [-0.4, -0.2) is 179 Å². The quantitative estimate of drug-likeness (QED) is 0.0811. The Bertz CT molecular complexity index is 2790. The number of likely N-dealkylation sites (tertiary alicyclic amines) is 1. The van der Waals surface area contributed by atoms with E-state index >= 15 is 0 Å². The lowest BCUT2D eigenvalue weighted by Crippen LogP contribution is -2.47. The average Bonchev–Trinajstić information content (AvgIpc) is 4.03. The zero-order valence-electron chi connectivity index (χ0n) is 41.1. The summed E-state index contributed by atoms with van der Waals surface area (Å²) < 4.78 is 97.1. The van der Waals surface area contributed by atoms with Crippen molar-refractivity contribution < 1.29 is 60.0 Å². The fourth-order valence-corrected chi connectivity index (χ4v) is 9.01. The van der Waals surface area contributed by atoms with Crippen LogP contribution in [0.5, 0.6) is 11.5 Å². The second-order valence-corrected chi connectivity index (χ2v) is 18.4. The third-order valence-electron chi connectivity index (χ3n) is 12.9. The van der Waals surface area contributed by atoms with Crippen molar-refractivity contribution in [3.63, 3.8) is 0 Å². The first-order valence-electron chi connectivity index (χ1n) is 24.8. The van der Waals surface area contributed by atoms with Gasteiger partial charge in [0.05, 0.1) is 63.3 Å². The number of carbonyl (C=O) groups excluding carboxylic acids is 1. The van der Waals surface area contributed by atoms with Gasteiger partial charge < -0.3 is 44.9 Å². The van der Waals surface area contributed by atoms with Crippen molar-refractivity contribution in [2.45, 2.75) is 45.8 Å². The summed E-state index contributed by atoms with van der Waals surface area (Å²) in [7, 11) is 0. The monoisotopic (exact) mass is 1070 g/mol. The SMILES string of the molecule is C.FC(F)(F)Oc1cccc(-c2cnc3ccc(NCC4CCNCC4)nn23)c1.O=C(CN1CCOCC1)N1CCC(CNc2ccc3ncc(-c4cccc(OC(F)(F)F)c4)n3n2)CC1.O=C(O)CN1CCOCC1. The van der Waals surface area contributed by atoms with E-state index in [-0.39, 0.29) is 31.4 Å². The number of aromatic nitrogens is 6. The topological polar surface area (TPSA) is 197 Å². The Kier molecular flexibility index (Phi) is 20.1. The fourth-order valence-electron chi connectivity index (χ4n) is 9.01. The van der Waals surface area contributed by atoms with Crippen molar-refractivity contribution in [3.8, 4) is 34.0 Å². The first-order valence-corrected chi connectivity index (χ1v) is 24.8. The highest BCUT2D eigenvalue weighted by molar-refractivity contribution is 5.78. The zero-order chi connectivity index (χ0) is 52.8. The molecule has 76 heavy (non-hydrogen) atoms. The summed E-state index contributed by atoms with van der Waals surface area (Å²) in [4.78, 5) is 37.4. The minimum absolute atomic E-state index is 0. The molecule has 0 bridgehead atoms. The van der Waals surface area contributed by atoms with Crippen LogP contribution < -0.4 is 25.4 Å². The maximum Gasteiger partial charge on any atom is 0.573 e. The Labute approximate surface area is 435 Å². The number of ether oxygens (including phenoxy) is 4. The molecule has 412 valence electrons. The van der Waals surface area contributed by atoms with E-state index < -0.39 is 18.7 Å². The second-order valence-electron chi connectivity index (χ2n) is 18.4. The molecule has 4 saturated heterocycles. The summed E-state index contributed by atoms with van der Waals surface area (Å²) in [6, 6.07) is 18.9. The highest BCUT2D eigenvalue weighted by Gasteiger charge is 2.32. The minimum Gasteiger partial charge on any atom is -0.480 e. The number of hydrogen-bond donors (Lipinski definition) is 4. The number of benzene rings is 2. The number of rotatable bonds is 14. The molecule has 4 aliphatic heterocycles. The highest BCUT2D eigenvalue weighted by atomic mass is 19.4. The maximum atomic E-state index is 12.6. The number of aliphatic carboxylic acids is 1. The average molecular weight is 1070 g/mol. The molecule has 4 fully saturated rings. The Morgan fingerprint density at radius 3 is 1.53 bits per heavy atom. The minimum atomic E-state index is -4.76. The molecule has 2 aromatic carbocycles. The van der Waals surface area contributed by atoms with Crippen molar-refractivity contribution in [3.05, 3.63) is 85.2 Å². The number of nitrogens with zero attached hydrogens (tertiary/aromatic N) is 9. The van der Waals surface area contributed by atoms with E-state index in [4.69, 9.17) is 14.6 Å². The number of anilines is 2. The van der Waals surface area contributed by atoms with Crippen LogP contribution in [0, 0.1) is 11.8 Å². The number of carbonyl (C=O) groups is 2. The van der Waals surface area contributed by atoms with E-state index in [0.29, 0.717) is 96.8 Å². The molecule has 4 aliphatic rings. The van der Waals surface area contributed by atoms with Crippen molar-refractivity contribution in [1.29, 1.82) is 0 Å².